The summed E-state index contributed by atoms with van der Waals surface area (Å²) in [6.45, 7) is 4.79. The van der Waals surface area contributed by atoms with E-state index in [4.69, 9.17) is 23.2 Å². The van der Waals surface area contributed by atoms with Crippen molar-refractivity contribution in [3.63, 3.8) is 0 Å². The monoisotopic (exact) mass is 405 g/mol. The van der Waals surface area contributed by atoms with E-state index in [-0.39, 0.29) is 18.1 Å². The first kappa shape index (κ1) is 20.0. The van der Waals surface area contributed by atoms with Gasteiger partial charge in [-0.3, -0.25) is 4.90 Å². The molecule has 2 N–H and O–H groups in total. The van der Waals surface area contributed by atoms with Crippen LogP contribution in [0.15, 0.2) is 48.5 Å². The van der Waals surface area contributed by atoms with Gasteiger partial charge in [-0.05, 0) is 49.1 Å². The Bertz CT molecular complexity index is 758. The van der Waals surface area contributed by atoms with E-state index in [1.54, 1.807) is 0 Å². The molecule has 0 spiro atoms. The molecule has 0 radical (unpaired) electrons. The zero-order valence-corrected chi connectivity index (χ0v) is 16.9. The van der Waals surface area contributed by atoms with Crippen molar-refractivity contribution in [3.05, 3.63) is 69.7 Å². The van der Waals surface area contributed by atoms with Gasteiger partial charge in [0.1, 0.15) is 0 Å². The molecule has 1 unspecified atom stereocenters. The second-order valence-corrected chi connectivity index (χ2v) is 7.88. The number of urea groups is 1. The van der Waals surface area contributed by atoms with Gasteiger partial charge in [0.2, 0.25) is 0 Å². The van der Waals surface area contributed by atoms with E-state index >= 15 is 0 Å². The Hall–Kier alpha value is -1.75. The molecule has 1 saturated heterocycles. The van der Waals surface area contributed by atoms with E-state index in [9.17, 15) is 4.79 Å². The molecule has 2 aromatic carbocycles. The molecular weight excluding hydrogens is 381 g/mol. The average molecular weight is 406 g/mol. The normalized spacial score (nSPS) is 16.7. The van der Waals surface area contributed by atoms with Gasteiger partial charge in [0.25, 0.3) is 0 Å². The molecule has 6 heteroatoms. The van der Waals surface area contributed by atoms with Gasteiger partial charge in [-0.25, -0.2) is 4.79 Å². The Morgan fingerprint density at radius 1 is 1.11 bits per heavy atom. The fourth-order valence-electron chi connectivity index (χ4n) is 3.41. The van der Waals surface area contributed by atoms with Crippen molar-refractivity contribution in [2.24, 2.45) is 0 Å². The summed E-state index contributed by atoms with van der Waals surface area (Å²) in [5.74, 6) is 0. The third kappa shape index (κ3) is 5.86. The molecule has 0 bridgehead atoms. The average Bonchev–Trinajstić information content (AvgIpc) is 2.65. The zero-order chi connectivity index (χ0) is 19.2. The maximum Gasteiger partial charge on any atom is 0.315 e. The molecule has 4 nitrogen and oxygen atoms in total. The lowest BCUT2D eigenvalue weighted by Gasteiger charge is -2.32. The van der Waals surface area contributed by atoms with Crippen LogP contribution in [0.1, 0.15) is 36.9 Å². The number of likely N-dealkylation sites (tertiary alicyclic amines) is 1. The van der Waals surface area contributed by atoms with Gasteiger partial charge in [0.05, 0.1) is 6.04 Å². The molecule has 1 atom stereocenters. The fourth-order valence-corrected chi connectivity index (χ4v) is 3.84. The number of benzene rings is 2. The zero-order valence-electron chi connectivity index (χ0n) is 15.4. The minimum Gasteiger partial charge on any atom is -0.335 e. The lowest BCUT2D eigenvalue weighted by molar-refractivity contribution is 0.186. The minimum atomic E-state index is -0.140. The number of piperidine rings is 1. The van der Waals surface area contributed by atoms with Crippen LogP contribution in [0.25, 0.3) is 0 Å². The molecule has 1 fully saturated rings. The van der Waals surface area contributed by atoms with Crippen molar-refractivity contribution in [1.82, 2.24) is 15.5 Å². The minimum absolute atomic E-state index is 0.135. The van der Waals surface area contributed by atoms with E-state index in [2.05, 4.69) is 27.7 Å². The van der Waals surface area contributed by atoms with Crippen LogP contribution in [0.5, 0.6) is 0 Å². The first-order valence-electron chi connectivity index (χ1n) is 9.29. The molecule has 2 amide bonds. The smallest absolute Gasteiger partial charge is 0.315 e. The Balaban J connectivity index is 1.42. The van der Waals surface area contributed by atoms with Crippen LogP contribution < -0.4 is 10.6 Å². The van der Waals surface area contributed by atoms with Crippen molar-refractivity contribution >= 4 is 29.2 Å². The van der Waals surface area contributed by atoms with E-state index in [1.807, 2.05) is 43.3 Å². The van der Waals surface area contributed by atoms with Crippen LogP contribution in [-0.4, -0.2) is 30.1 Å². The number of amides is 2. The van der Waals surface area contributed by atoms with Gasteiger partial charge in [-0.15, -0.1) is 0 Å². The molecule has 0 aromatic heterocycles. The molecule has 3 rings (SSSR count). The molecule has 2 aromatic rings. The summed E-state index contributed by atoms with van der Waals surface area (Å²) in [6.07, 6.45) is 1.89. The number of nitrogens with zero attached hydrogens (tertiary/aromatic N) is 1. The Labute approximate surface area is 170 Å². The summed E-state index contributed by atoms with van der Waals surface area (Å²) >= 11 is 12.1. The predicted octanol–water partition coefficient (Wildman–Crippen LogP) is 5.02. The summed E-state index contributed by atoms with van der Waals surface area (Å²) in [4.78, 5) is 14.7. The maximum absolute atomic E-state index is 12.3. The largest absolute Gasteiger partial charge is 0.335 e. The number of nitrogens with one attached hydrogen (secondary N) is 2. The van der Waals surface area contributed by atoms with Gasteiger partial charge in [-0.2, -0.15) is 0 Å². The van der Waals surface area contributed by atoms with Gasteiger partial charge < -0.3 is 10.6 Å². The number of carbonyl (C=O) groups excluding carboxylic acids is 1. The molecule has 27 heavy (non-hydrogen) atoms. The summed E-state index contributed by atoms with van der Waals surface area (Å²) in [6, 6.07) is 15.5. The molecule has 1 aliphatic heterocycles. The summed E-state index contributed by atoms with van der Waals surface area (Å²) in [7, 11) is 0. The molecular formula is C21H25Cl2N3O. The molecule has 144 valence electrons. The van der Waals surface area contributed by atoms with E-state index < -0.39 is 0 Å². The summed E-state index contributed by atoms with van der Waals surface area (Å²) in [5.41, 5.74) is 2.18. The third-order valence-electron chi connectivity index (χ3n) is 4.96. The van der Waals surface area contributed by atoms with Gasteiger partial charge in [0.15, 0.2) is 0 Å². The number of carbonyl (C=O) groups is 1. The van der Waals surface area contributed by atoms with Crippen molar-refractivity contribution in [1.29, 1.82) is 0 Å². The number of rotatable bonds is 5. The van der Waals surface area contributed by atoms with Gasteiger partial charge >= 0.3 is 6.03 Å². The highest BCUT2D eigenvalue weighted by Gasteiger charge is 2.21. The van der Waals surface area contributed by atoms with Gasteiger partial charge in [0, 0.05) is 35.7 Å². The van der Waals surface area contributed by atoms with Crippen molar-refractivity contribution < 1.29 is 4.79 Å². The second-order valence-electron chi connectivity index (χ2n) is 7.04. The molecule has 1 aliphatic rings. The first-order valence-corrected chi connectivity index (χ1v) is 10.0. The molecule has 1 heterocycles. The van der Waals surface area contributed by atoms with Crippen LogP contribution in [0, 0.1) is 0 Å². The van der Waals surface area contributed by atoms with Crippen LogP contribution in [0.2, 0.25) is 10.0 Å². The Morgan fingerprint density at radius 3 is 2.44 bits per heavy atom. The maximum atomic E-state index is 12.3. The Morgan fingerprint density at radius 2 is 1.78 bits per heavy atom. The lowest BCUT2D eigenvalue weighted by Crippen LogP contribution is -2.48. The highest BCUT2D eigenvalue weighted by molar-refractivity contribution is 6.31. The molecule has 0 saturated carbocycles. The second kappa shape index (κ2) is 9.45. The predicted molar refractivity (Wildman–Crippen MR) is 111 cm³/mol. The summed E-state index contributed by atoms with van der Waals surface area (Å²) in [5, 5.41) is 7.50. The standard InChI is InChI=1S/C21H25Cl2N3O/c1-15(19-4-2-3-5-20(19)23)24-21(27)25-18-10-12-26(13-11-18)14-16-6-8-17(22)9-7-16/h2-9,15,18H,10-14H2,1H3,(H2,24,25,27). The quantitative estimate of drug-likeness (QED) is 0.733. The molecule has 0 aliphatic carbocycles. The number of halogens is 2. The van der Waals surface area contributed by atoms with E-state index in [1.165, 1.54) is 5.56 Å². The van der Waals surface area contributed by atoms with Crippen LogP contribution in [-0.2, 0) is 6.54 Å². The van der Waals surface area contributed by atoms with Crippen LogP contribution in [0.4, 0.5) is 4.79 Å². The number of hydrogen-bond donors (Lipinski definition) is 2. The van der Waals surface area contributed by atoms with Crippen molar-refractivity contribution in [2.75, 3.05) is 13.1 Å². The number of hydrogen-bond acceptors (Lipinski definition) is 2. The topological polar surface area (TPSA) is 44.4 Å². The Kier molecular flexibility index (Phi) is 7.00. The van der Waals surface area contributed by atoms with Crippen LogP contribution in [0.3, 0.4) is 0 Å². The van der Waals surface area contributed by atoms with Crippen LogP contribution >= 0.6 is 23.2 Å². The first-order chi connectivity index (χ1) is 13.0. The summed E-state index contributed by atoms with van der Waals surface area (Å²) < 4.78 is 0. The highest BCUT2D eigenvalue weighted by atomic mass is 35.5. The van der Waals surface area contributed by atoms with E-state index in [0.717, 1.165) is 43.1 Å². The van der Waals surface area contributed by atoms with Crippen molar-refractivity contribution in [3.8, 4) is 0 Å². The van der Waals surface area contributed by atoms with Gasteiger partial charge in [-0.1, -0.05) is 53.5 Å². The SMILES string of the molecule is CC(NC(=O)NC1CCN(Cc2ccc(Cl)cc2)CC1)c1ccccc1Cl. The third-order valence-corrected chi connectivity index (χ3v) is 5.56. The fraction of sp³-hybridized carbons (Fsp3) is 0.381. The van der Waals surface area contributed by atoms with E-state index in [0.29, 0.717) is 5.02 Å². The van der Waals surface area contributed by atoms with Crippen molar-refractivity contribution in [2.45, 2.75) is 38.4 Å². The highest BCUT2D eigenvalue weighted by Crippen LogP contribution is 2.22. The lowest BCUT2D eigenvalue weighted by atomic mass is 10.0.